The Morgan fingerprint density at radius 2 is 1.28 bits per heavy atom. The summed E-state index contributed by atoms with van der Waals surface area (Å²) in [7, 11) is 0. The number of nitrogens with one attached hydrogen (secondary N) is 1. The van der Waals surface area contributed by atoms with Gasteiger partial charge >= 0.3 is 11.9 Å². The van der Waals surface area contributed by atoms with Crippen molar-refractivity contribution in [2.75, 3.05) is 50.7 Å². The Hall–Kier alpha value is -4.08. The van der Waals surface area contributed by atoms with Crippen molar-refractivity contribution in [2.45, 2.75) is 50.6 Å². The number of alkyl halides is 1. The normalized spacial score (nSPS) is 13.2. The number of esters is 2. The van der Waals surface area contributed by atoms with Gasteiger partial charge in [0, 0.05) is 22.9 Å². The van der Waals surface area contributed by atoms with Gasteiger partial charge in [-0.25, -0.2) is 0 Å². The Balaban J connectivity index is 1.77. The van der Waals surface area contributed by atoms with Gasteiger partial charge in [0.1, 0.15) is 55.9 Å². The van der Waals surface area contributed by atoms with E-state index in [1.54, 1.807) is 6.07 Å². The second-order valence-corrected chi connectivity index (χ2v) is 11.0. The standard InChI is InChI=1S/C32H42ClN5O9/c33-18-26(39)38-19-16-21-28(25(17-19)45-13-15-47-32(43)23(37)8-2-4-11-35)30(41)27-20(29(21)40)6-5-9-24(27)44-12-14-46-31(42)22(36)7-1-3-10-34/h5-6,9,16-17,22-23H,1-4,7-8,10-15,18,34-37H2,(H,38,39)/t22-,23-/m0/s1. The zero-order valence-electron chi connectivity index (χ0n) is 26.1. The number of amides is 1. The number of carbonyl (C=O) groups is 5. The Labute approximate surface area is 277 Å². The predicted molar refractivity (Wildman–Crippen MR) is 174 cm³/mol. The molecule has 1 aliphatic rings. The summed E-state index contributed by atoms with van der Waals surface area (Å²) in [4.78, 5) is 64.1. The number of anilines is 1. The fourth-order valence-electron chi connectivity index (χ4n) is 4.81. The van der Waals surface area contributed by atoms with E-state index in [0.29, 0.717) is 38.8 Å². The lowest BCUT2D eigenvalue weighted by molar-refractivity contribution is -0.147. The highest BCUT2D eigenvalue weighted by Gasteiger charge is 2.36. The number of benzene rings is 2. The fraction of sp³-hybridized carbons (Fsp3) is 0.469. The average molecular weight is 676 g/mol. The van der Waals surface area contributed by atoms with Crippen LogP contribution in [0.5, 0.6) is 11.5 Å². The molecule has 9 N–H and O–H groups in total. The van der Waals surface area contributed by atoms with Crippen LogP contribution in [0.4, 0.5) is 5.69 Å². The van der Waals surface area contributed by atoms with Crippen LogP contribution in [0.1, 0.15) is 70.4 Å². The van der Waals surface area contributed by atoms with Gasteiger partial charge in [-0.05, 0) is 50.9 Å². The molecule has 256 valence electrons. The molecule has 47 heavy (non-hydrogen) atoms. The van der Waals surface area contributed by atoms with Crippen LogP contribution in [-0.2, 0) is 23.9 Å². The lowest BCUT2D eigenvalue weighted by Crippen LogP contribution is -2.33. The van der Waals surface area contributed by atoms with E-state index in [1.807, 2.05) is 0 Å². The number of halogens is 1. The molecule has 15 heteroatoms. The van der Waals surface area contributed by atoms with E-state index in [0.717, 1.165) is 12.8 Å². The van der Waals surface area contributed by atoms with Gasteiger partial charge in [0.05, 0.1) is 11.1 Å². The van der Waals surface area contributed by atoms with Crippen molar-refractivity contribution < 1.29 is 42.9 Å². The summed E-state index contributed by atoms with van der Waals surface area (Å²) in [5, 5.41) is 2.56. The molecule has 1 amide bonds. The summed E-state index contributed by atoms with van der Waals surface area (Å²) in [5.74, 6) is -3.12. The van der Waals surface area contributed by atoms with E-state index < -0.39 is 41.5 Å². The molecule has 1 aliphatic carbocycles. The van der Waals surface area contributed by atoms with Gasteiger partial charge in [-0.15, -0.1) is 11.6 Å². The Morgan fingerprint density at radius 1 is 0.723 bits per heavy atom. The highest BCUT2D eigenvalue weighted by Crippen LogP contribution is 2.39. The maximum Gasteiger partial charge on any atom is 0.323 e. The molecule has 14 nitrogen and oxygen atoms in total. The van der Waals surface area contributed by atoms with Gasteiger partial charge in [-0.3, -0.25) is 24.0 Å². The van der Waals surface area contributed by atoms with E-state index in [4.69, 9.17) is 53.5 Å². The molecule has 0 fully saturated rings. The van der Waals surface area contributed by atoms with E-state index in [2.05, 4.69) is 5.32 Å². The SMILES string of the molecule is NCCCC[C@H](N)C(=O)OCCOc1cccc2c1C(=O)c1c(OCCOC(=O)[C@@H](N)CCCCN)cc(NC(=O)CCl)cc1C2=O. The quantitative estimate of drug-likeness (QED) is 0.0647. The minimum Gasteiger partial charge on any atom is -0.489 e. The van der Waals surface area contributed by atoms with Gasteiger partial charge in [-0.1, -0.05) is 25.0 Å². The monoisotopic (exact) mass is 675 g/mol. The molecule has 0 unspecified atom stereocenters. The summed E-state index contributed by atoms with van der Waals surface area (Å²) in [5.41, 5.74) is 22.8. The minimum absolute atomic E-state index is 0.00733. The maximum atomic E-state index is 14.0. The minimum atomic E-state index is -0.820. The largest absolute Gasteiger partial charge is 0.489 e. The molecule has 0 heterocycles. The number of ether oxygens (including phenoxy) is 4. The smallest absolute Gasteiger partial charge is 0.323 e. The molecule has 0 radical (unpaired) electrons. The molecular weight excluding hydrogens is 634 g/mol. The number of ketones is 2. The third-order valence-corrected chi connectivity index (χ3v) is 7.43. The first-order chi connectivity index (χ1) is 22.6. The Bertz CT molecular complexity index is 1440. The third kappa shape index (κ3) is 10.5. The summed E-state index contributed by atoms with van der Waals surface area (Å²) in [6, 6.07) is 5.67. The van der Waals surface area contributed by atoms with Crippen molar-refractivity contribution in [1.29, 1.82) is 0 Å². The summed E-state index contributed by atoms with van der Waals surface area (Å²) >= 11 is 5.65. The van der Waals surface area contributed by atoms with Gasteiger partial charge in [0.25, 0.3) is 0 Å². The van der Waals surface area contributed by atoms with E-state index >= 15 is 0 Å². The van der Waals surface area contributed by atoms with E-state index in [-0.39, 0.29) is 71.7 Å². The molecular formula is C32H42ClN5O9. The molecule has 0 aromatic heterocycles. The van der Waals surface area contributed by atoms with Crippen molar-refractivity contribution in [3.63, 3.8) is 0 Å². The number of nitrogens with two attached hydrogens (primary N) is 4. The number of unbranched alkanes of at least 4 members (excludes halogenated alkanes) is 2. The van der Waals surface area contributed by atoms with E-state index in [1.165, 1.54) is 24.3 Å². The van der Waals surface area contributed by atoms with Crippen molar-refractivity contribution in [3.05, 3.63) is 52.6 Å². The molecule has 0 spiro atoms. The molecule has 0 saturated heterocycles. The molecule has 2 atom stereocenters. The van der Waals surface area contributed by atoms with Crippen LogP contribution in [0.2, 0.25) is 0 Å². The van der Waals surface area contributed by atoms with Crippen molar-refractivity contribution in [3.8, 4) is 11.5 Å². The molecule has 3 rings (SSSR count). The zero-order chi connectivity index (χ0) is 34.3. The first-order valence-corrected chi connectivity index (χ1v) is 15.9. The maximum absolute atomic E-state index is 14.0. The van der Waals surface area contributed by atoms with Gasteiger partial charge in [0.2, 0.25) is 11.7 Å². The molecule has 2 aromatic carbocycles. The van der Waals surface area contributed by atoms with Crippen LogP contribution < -0.4 is 37.7 Å². The third-order valence-electron chi connectivity index (χ3n) is 7.19. The van der Waals surface area contributed by atoms with E-state index in [9.17, 15) is 24.0 Å². The van der Waals surface area contributed by atoms with Crippen LogP contribution in [0.3, 0.4) is 0 Å². The molecule has 2 aromatic rings. The summed E-state index contributed by atoms with van der Waals surface area (Å²) < 4.78 is 22.0. The number of fused-ring (bicyclic) bond motifs is 2. The van der Waals surface area contributed by atoms with Crippen LogP contribution in [0.15, 0.2) is 30.3 Å². The predicted octanol–water partition coefficient (Wildman–Crippen LogP) is 1.40. The first kappa shape index (κ1) is 37.4. The Kier molecular flexibility index (Phi) is 15.0. The van der Waals surface area contributed by atoms with Crippen molar-refractivity contribution >= 4 is 46.7 Å². The number of hydrogen-bond acceptors (Lipinski definition) is 13. The van der Waals surface area contributed by atoms with Gasteiger partial charge in [-0.2, -0.15) is 0 Å². The fourth-order valence-corrected chi connectivity index (χ4v) is 4.88. The topological polar surface area (TPSA) is 238 Å². The number of carbonyl (C=O) groups excluding carboxylic acids is 5. The lowest BCUT2D eigenvalue weighted by atomic mass is 9.82. The van der Waals surface area contributed by atoms with Crippen molar-refractivity contribution in [1.82, 2.24) is 0 Å². The van der Waals surface area contributed by atoms with Crippen LogP contribution in [0.25, 0.3) is 0 Å². The van der Waals surface area contributed by atoms with Crippen LogP contribution >= 0.6 is 11.6 Å². The van der Waals surface area contributed by atoms with Crippen molar-refractivity contribution in [2.24, 2.45) is 22.9 Å². The molecule has 0 saturated carbocycles. The molecule has 0 bridgehead atoms. The lowest BCUT2D eigenvalue weighted by Gasteiger charge is -2.23. The summed E-state index contributed by atoms with van der Waals surface area (Å²) in [6.07, 6.45) is 3.69. The Morgan fingerprint density at radius 3 is 1.83 bits per heavy atom. The summed E-state index contributed by atoms with van der Waals surface area (Å²) in [6.45, 7) is 0.358. The number of hydrogen-bond donors (Lipinski definition) is 5. The zero-order valence-corrected chi connectivity index (χ0v) is 26.9. The number of rotatable bonds is 20. The van der Waals surface area contributed by atoms with Crippen LogP contribution in [0, 0.1) is 0 Å². The highest BCUT2D eigenvalue weighted by atomic mass is 35.5. The second kappa shape index (κ2) is 18.9. The van der Waals surface area contributed by atoms with Crippen LogP contribution in [-0.4, -0.2) is 86.9 Å². The highest BCUT2D eigenvalue weighted by molar-refractivity contribution is 6.31. The first-order valence-electron chi connectivity index (χ1n) is 15.4. The molecule has 0 aliphatic heterocycles. The second-order valence-electron chi connectivity index (χ2n) is 10.7. The van der Waals surface area contributed by atoms with Gasteiger partial charge < -0.3 is 47.2 Å². The van der Waals surface area contributed by atoms with Gasteiger partial charge in [0.15, 0.2) is 5.78 Å². The average Bonchev–Trinajstić information content (AvgIpc) is 3.06.